The number of amides is 1. The van der Waals surface area contributed by atoms with Gasteiger partial charge in [-0.15, -0.1) is 12.4 Å². The van der Waals surface area contributed by atoms with Crippen LogP contribution in [0.2, 0.25) is 0 Å². The van der Waals surface area contributed by atoms with Gasteiger partial charge in [-0.3, -0.25) is 4.79 Å². The number of carbonyl (C=O) groups excluding carboxylic acids is 1. The lowest BCUT2D eigenvalue weighted by molar-refractivity contribution is -0.135. The molecule has 1 aliphatic carbocycles. The highest BCUT2D eigenvalue weighted by molar-refractivity contribution is 7.92. The third kappa shape index (κ3) is 3.12. The van der Waals surface area contributed by atoms with Crippen LogP contribution in [0.4, 0.5) is 0 Å². The Morgan fingerprint density at radius 3 is 2.15 bits per heavy atom. The SMILES string of the molecule is CN(C(=O)C1(S(C)(=O)=O)CCNCC1)C1CCCC1.Cl. The molecule has 1 aliphatic heterocycles. The largest absolute Gasteiger partial charge is 0.341 e. The molecule has 0 atom stereocenters. The van der Waals surface area contributed by atoms with E-state index in [1.54, 1.807) is 11.9 Å². The van der Waals surface area contributed by atoms with Gasteiger partial charge in [-0.1, -0.05) is 12.8 Å². The van der Waals surface area contributed by atoms with E-state index in [0.29, 0.717) is 25.9 Å². The van der Waals surface area contributed by atoms with Gasteiger partial charge >= 0.3 is 0 Å². The maximum atomic E-state index is 12.8. The second-order valence-electron chi connectivity index (χ2n) is 5.87. The summed E-state index contributed by atoms with van der Waals surface area (Å²) >= 11 is 0. The molecule has 0 spiro atoms. The van der Waals surface area contributed by atoms with E-state index in [4.69, 9.17) is 0 Å². The molecule has 118 valence electrons. The van der Waals surface area contributed by atoms with Gasteiger partial charge in [-0.2, -0.15) is 0 Å². The molecule has 1 saturated carbocycles. The van der Waals surface area contributed by atoms with Crippen LogP contribution in [0.3, 0.4) is 0 Å². The Bertz CT molecular complexity index is 441. The molecular weight excluding hydrogens is 300 g/mol. The number of hydrogen-bond acceptors (Lipinski definition) is 4. The van der Waals surface area contributed by atoms with Gasteiger partial charge < -0.3 is 10.2 Å². The first-order chi connectivity index (χ1) is 8.88. The van der Waals surface area contributed by atoms with Crippen LogP contribution in [-0.2, 0) is 14.6 Å². The van der Waals surface area contributed by atoms with E-state index in [-0.39, 0.29) is 24.4 Å². The molecule has 2 rings (SSSR count). The zero-order valence-electron chi connectivity index (χ0n) is 12.2. The molecule has 0 aromatic heterocycles. The molecular formula is C13H25ClN2O3S. The van der Waals surface area contributed by atoms with Crippen LogP contribution >= 0.6 is 12.4 Å². The maximum Gasteiger partial charge on any atom is 0.244 e. The van der Waals surface area contributed by atoms with E-state index < -0.39 is 14.6 Å². The van der Waals surface area contributed by atoms with Crippen molar-refractivity contribution in [3.05, 3.63) is 0 Å². The van der Waals surface area contributed by atoms with Crippen molar-refractivity contribution in [3.8, 4) is 0 Å². The molecule has 1 amide bonds. The molecule has 7 heteroatoms. The first-order valence-corrected chi connectivity index (χ1v) is 8.95. The number of nitrogens with one attached hydrogen (secondary N) is 1. The maximum absolute atomic E-state index is 12.8. The van der Waals surface area contributed by atoms with Crippen LogP contribution in [0.15, 0.2) is 0 Å². The predicted octanol–water partition coefficient (Wildman–Crippen LogP) is 0.976. The molecule has 2 fully saturated rings. The minimum atomic E-state index is -3.39. The summed E-state index contributed by atoms with van der Waals surface area (Å²) < 4.78 is 23.2. The Labute approximate surface area is 127 Å². The van der Waals surface area contributed by atoms with Crippen LogP contribution < -0.4 is 5.32 Å². The van der Waals surface area contributed by atoms with Crippen molar-refractivity contribution in [2.45, 2.75) is 49.3 Å². The molecule has 1 saturated heterocycles. The summed E-state index contributed by atoms with van der Waals surface area (Å²) in [5.74, 6) is -0.191. The number of carbonyl (C=O) groups is 1. The third-order valence-electron chi connectivity index (χ3n) is 4.70. The number of nitrogens with zero attached hydrogens (tertiary/aromatic N) is 1. The van der Waals surface area contributed by atoms with Crippen LogP contribution in [0.25, 0.3) is 0 Å². The lowest BCUT2D eigenvalue weighted by Crippen LogP contribution is -2.58. The molecule has 5 nitrogen and oxygen atoms in total. The van der Waals surface area contributed by atoms with Gasteiger partial charge in [-0.05, 0) is 38.8 Å². The fraction of sp³-hybridized carbons (Fsp3) is 0.923. The normalized spacial score (nSPS) is 23.1. The van der Waals surface area contributed by atoms with Crippen molar-refractivity contribution in [2.75, 3.05) is 26.4 Å². The fourth-order valence-corrected chi connectivity index (χ4v) is 4.76. The summed E-state index contributed by atoms with van der Waals surface area (Å²) in [6, 6.07) is 0.223. The Balaban J connectivity index is 0.00000200. The van der Waals surface area contributed by atoms with Crippen LogP contribution in [-0.4, -0.2) is 56.4 Å². The molecule has 2 aliphatic rings. The average Bonchev–Trinajstić information content (AvgIpc) is 2.90. The third-order valence-corrected chi connectivity index (χ3v) is 6.71. The highest BCUT2D eigenvalue weighted by atomic mass is 35.5. The van der Waals surface area contributed by atoms with Crippen molar-refractivity contribution >= 4 is 28.2 Å². The van der Waals surface area contributed by atoms with E-state index in [0.717, 1.165) is 25.7 Å². The summed E-state index contributed by atoms with van der Waals surface area (Å²) in [6.07, 6.45) is 6.26. The number of halogens is 1. The second kappa shape index (κ2) is 6.62. The first kappa shape index (κ1) is 17.7. The summed E-state index contributed by atoms with van der Waals surface area (Å²) in [5, 5.41) is 3.14. The standard InChI is InChI=1S/C13H24N2O3S.ClH/c1-15(11-5-3-4-6-11)12(16)13(19(2,17)18)7-9-14-10-8-13;/h11,14H,3-10H2,1-2H3;1H. The number of sulfone groups is 1. The lowest BCUT2D eigenvalue weighted by Gasteiger charge is -2.39. The molecule has 0 unspecified atom stereocenters. The van der Waals surface area contributed by atoms with Gasteiger partial charge in [0.2, 0.25) is 5.91 Å². The van der Waals surface area contributed by atoms with E-state index >= 15 is 0 Å². The second-order valence-corrected chi connectivity index (χ2v) is 8.20. The summed E-state index contributed by atoms with van der Waals surface area (Å²) in [6.45, 7) is 1.19. The topological polar surface area (TPSA) is 66.5 Å². The number of rotatable bonds is 3. The monoisotopic (exact) mass is 324 g/mol. The van der Waals surface area contributed by atoms with Crippen LogP contribution in [0.5, 0.6) is 0 Å². The van der Waals surface area contributed by atoms with E-state index in [9.17, 15) is 13.2 Å². The molecule has 1 N–H and O–H groups in total. The predicted molar refractivity (Wildman–Crippen MR) is 82.0 cm³/mol. The molecule has 0 bridgehead atoms. The van der Waals surface area contributed by atoms with Gasteiger partial charge in [0, 0.05) is 19.3 Å². The van der Waals surface area contributed by atoms with Crippen molar-refractivity contribution in [3.63, 3.8) is 0 Å². The van der Waals surface area contributed by atoms with E-state index in [2.05, 4.69) is 5.32 Å². The van der Waals surface area contributed by atoms with Crippen LogP contribution in [0.1, 0.15) is 38.5 Å². The lowest BCUT2D eigenvalue weighted by atomic mass is 9.94. The van der Waals surface area contributed by atoms with E-state index in [1.165, 1.54) is 6.26 Å². The number of piperidine rings is 1. The smallest absolute Gasteiger partial charge is 0.244 e. The van der Waals surface area contributed by atoms with Gasteiger partial charge in [0.05, 0.1) is 0 Å². The Morgan fingerprint density at radius 1 is 1.20 bits per heavy atom. The number of hydrogen-bond donors (Lipinski definition) is 1. The zero-order valence-corrected chi connectivity index (χ0v) is 13.9. The summed E-state index contributed by atoms with van der Waals surface area (Å²) in [5.41, 5.74) is 0. The summed E-state index contributed by atoms with van der Waals surface area (Å²) in [4.78, 5) is 14.5. The van der Waals surface area contributed by atoms with Gasteiger partial charge in [0.15, 0.2) is 14.6 Å². The van der Waals surface area contributed by atoms with Crippen molar-refractivity contribution in [1.82, 2.24) is 10.2 Å². The minimum Gasteiger partial charge on any atom is -0.341 e. The zero-order chi connectivity index (χ0) is 14.1. The van der Waals surface area contributed by atoms with Crippen molar-refractivity contribution in [2.24, 2.45) is 0 Å². The van der Waals surface area contributed by atoms with Crippen molar-refractivity contribution in [1.29, 1.82) is 0 Å². The summed E-state index contributed by atoms with van der Waals surface area (Å²) in [7, 11) is -1.62. The van der Waals surface area contributed by atoms with Gasteiger partial charge in [-0.25, -0.2) is 8.42 Å². The van der Waals surface area contributed by atoms with Crippen molar-refractivity contribution < 1.29 is 13.2 Å². The van der Waals surface area contributed by atoms with Gasteiger partial charge in [0.1, 0.15) is 0 Å². The Hall–Kier alpha value is -0.330. The van der Waals surface area contributed by atoms with Gasteiger partial charge in [0.25, 0.3) is 0 Å². The highest BCUT2D eigenvalue weighted by Gasteiger charge is 2.50. The molecule has 0 aromatic rings. The fourth-order valence-electron chi connectivity index (χ4n) is 3.35. The Kier molecular flexibility index (Phi) is 5.87. The highest BCUT2D eigenvalue weighted by Crippen LogP contribution is 2.32. The molecule has 1 heterocycles. The first-order valence-electron chi connectivity index (χ1n) is 7.06. The quantitative estimate of drug-likeness (QED) is 0.840. The van der Waals surface area contributed by atoms with Crippen LogP contribution in [0, 0.1) is 0 Å². The molecule has 0 aromatic carbocycles. The Morgan fingerprint density at radius 2 is 1.70 bits per heavy atom. The van der Waals surface area contributed by atoms with E-state index in [1.807, 2.05) is 0 Å². The minimum absolute atomic E-state index is 0. The molecule has 0 radical (unpaired) electrons. The molecule has 20 heavy (non-hydrogen) atoms. The average molecular weight is 325 g/mol.